The van der Waals surface area contributed by atoms with E-state index in [1.165, 1.54) is 0 Å². The first-order chi connectivity index (χ1) is 8.72. The molecular formula is C14H26N2O3. The molecule has 2 N–H and O–H groups in total. The van der Waals surface area contributed by atoms with Gasteiger partial charge in [-0.05, 0) is 40.5 Å². The molecule has 5 nitrogen and oxygen atoms in total. The van der Waals surface area contributed by atoms with Crippen LogP contribution in [0.2, 0.25) is 0 Å². The molecule has 1 heterocycles. The fraction of sp³-hybridized carbons (Fsp3) is 0.857. The van der Waals surface area contributed by atoms with E-state index in [-0.39, 0.29) is 18.4 Å². The summed E-state index contributed by atoms with van der Waals surface area (Å²) in [6.07, 6.45) is 1.92. The maximum absolute atomic E-state index is 11.9. The van der Waals surface area contributed by atoms with Crippen LogP contribution in [-0.2, 0) is 9.59 Å². The maximum Gasteiger partial charge on any atom is 0.309 e. The van der Waals surface area contributed by atoms with E-state index in [0.29, 0.717) is 6.04 Å². The predicted molar refractivity (Wildman–Crippen MR) is 73.9 cm³/mol. The van der Waals surface area contributed by atoms with Gasteiger partial charge in [-0.25, -0.2) is 0 Å². The lowest BCUT2D eigenvalue weighted by Crippen LogP contribution is -2.47. The van der Waals surface area contributed by atoms with E-state index < -0.39 is 11.4 Å². The number of hydrogen-bond donors (Lipinski definition) is 2. The number of carboxylic acids is 1. The van der Waals surface area contributed by atoms with Gasteiger partial charge in [-0.15, -0.1) is 0 Å². The van der Waals surface area contributed by atoms with Crippen LogP contribution < -0.4 is 5.32 Å². The zero-order valence-electron chi connectivity index (χ0n) is 12.4. The summed E-state index contributed by atoms with van der Waals surface area (Å²) >= 11 is 0. The number of nitrogens with zero attached hydrogens (tertiary/aromatic N) is 1. The molecule has 1 aliphatic rings. The van der Waals surface area contributed by atoms with Gasteiger partial charge in [-0.3, -0.25) is 9.59 Å². The van der Waals surface area contributed by atoms with Crippen LogP contribution in [0.25, 0.3) is 0 Å². The van der Waals surface area contributed by atoms with E-state index >= 15 is 0 Å². The van der Waals surface area contributed by atoms with Crippen molar-refractivity contribution >= 4 is 11.9 Å². The first-order valence-electron chi connectivity index (χ1n) is 6.99. The molecule has 0 aliphatic carbocycles. The Morgan fingerprint density at radius 3 is 2.26 bits per heavy atom. The van der Waals surface area contributed by atoms with Crippen molar-refractivity contribution in [3.8, 4) is 0 Å². The molecule has 1 amide bonds. The van der Waals surface area contributed by atoms with Gasteiger partial charge in [0.1, 0.15) is 0 Å². The lowest BCUT2D eigenvalue weighted by atomic mass is 9.89. The monoisotopic (exact) mass is 270 g/mol. The lowest BCUT2D eigenvalue weighted by molar-refractivity contribution is -0.149. The van der Waals surface area contributed by atoms with Crippen molar-refractivity contribution in [2.45, 2.75) is 59.0 Å². The summed E-state index contributed by atoms with van der Waals surface area (Å²) < 4.78 is 0. The average molecular weight is 270 g/mol. The molecule has 0 aromatic heterocycles. The number of aliphatic carboxylic acids is 1. The number of amides is 1. The SMILES string of the molecule is CC(C)N1CCC(NC(=O)CC(C)(C)C(=O)O)CC1. The van der Waals surface area contributed by atoms with Crippen LogP contribution in [0.15, 0.2) is 0 Å². The topological polar surface area (TPSA) is 69.6 Å². The van der Waals surface area contributed by atoms with Gasteiger partial charge < -0.3 is 15.3 Å². The van der Waals surface area contributed by atoms with E-state index in [0.717, 1.165) is 25.9 Å². The van der Waals surface area contributed by atoms with Crippen molar-refractivity contribution in [3.05, 3.63) is 0 Å². The number of carboxylic acid groups (broad SMARTS) is 1. The highest BCUT2D eigenvalue weighted by molar-refractivity contribution is 5.84. The summed E-state index contributed by atoms with van der Waals surface area (Å²) in [6.45, 7) is 9.49. The number of rotatable bonds is 5. The van der Waals surface area contributed by atoms with Crippen molar-refractivity contribution in [1.29, 1.82) is 0 Å². The van der Waals surface area contributed by atoms with Gasteiger partial charge in [0.05, 0.1) is 5.41 Å². The highest BCUT2D eigenvalue weighted by Gasteiger charge is 2.31. The Kier molecular flexibility index (Phi) is 5.35. The lowest BCUT2D eigenvalue weighted by Gasteiger charge is -2.35. The van der Waals surface area contributed by atoms with E-state index in [1.54, 1.807) is 13.8 Å². The van der Waals surface area contributed by atoms with E-state index in [9.17, 15) is 9.59 Å². The molecule has 0 saturated carbocycles. The van der Waals surface area contributed by atoms with Gasteiger partial charge in [0.15, 0.2) is 0 Å². The Balaban J connectivity index is 2.37. The molecule has 0 atom stereocenters. The van der Waals surface area contributed by atoms with Crippen molar-refractivity contribution in [3.63, 3.8) is 0 Å². The van der Waals surface area contributed by atoms with Crippen LogP contribution in [-0.4, -0.2) is 47.1 Å². The van der Waals surface area contributed by atoms with Crippen molar-refractivity contribution in [1.82, 2.24) is 10.2 Å². The summed E-state index contributed by atoms with van der Waals surface area (Å²) in [5, 5.41) is 12.0. The number of carbonyl (C=O) groups excluding carboxylic acids is 1. The summed E-state index contributed by atoms with van der Waals surface area (Å²) in [7, 11) is 0. The molecule has 1 rings (SSSR count). The Hall–Kier alpha value is -1.10. The molecular weight excluding hydrogens is 244 g/mol. The third-order valence-electron chi connectivity index (χ3n) is 3.81. The summed E-state index contributed by atoms with van der Waals surface area (Å²) in [4.78, 5) is 25.2. The molecule has 0 radical (unpaired) electrons. The molecule has 1 saturated heterocycles. The second kappa shape index (κ2) is 6.37. The van der Waals surface area contributed by atoms with Gasteiger partial charge in [-0.2, -0.15) is 0 Å². The number of carbonyl (C=O) groups is 2. The fourth-order valence-corrected chi connectivity index (χ4v) is 2.32. The molecule has 0 aromatic carbocycles. The second-order valence-corrected chi connectivity index (χ2v) is 6.34. The van der Waals surface area contributed by atoms with Crippen LogP contribution in [0.1, 0.15) is 47.0 Å². The normalized spacial score (nSPS) is 18.6. The molecule has 1 fully saturated rings. The van der Waals surface area contributed by atoms with Gasteiger partial charge in [-0.1, -0.05) is 0 Å². The molecule has 0 bridgehead atoms. The van der Waals surface area contributed by atoms with Gasteiger partial charge in [0.2, 0.25) is 5.91 Å². The van der Waals surface area contributed by atoms with Crippen LogP contribution in [0, 0.1) is 5.41 Å². The van der Waals surface area contributed by atoms with Gasteiger partial charge >= 0.3 is 5.97 Å². The largest absolute Gasteiger partial charge is 0.481 e. The molecule has 0 aromatic rings. The highest BCUT2D eigenvalue weighted by atomic mass is 16.4. The summed E-state index contributed by atoms with van der Waals surface area (Å²) in [6, 6.07) is 0.731. The van der Waals surface area contributed by atoms with E-state index in [1.807, 2.05) is 0 Å². The molecule has 110 valence electrons. The minimum atomic E-state index is -0.997. The zero-order chi connectivity index (χ0) is 14.6. The quantitative estimate of drug-likeness (QED) is 0.794. The van der Waals surface area contributed by atoms with Crippen LogP contribution in [0.3, 0.4) is 0 Å². The fourth-order valence-electron chi connectivity index (χ4n) is 2.32. The average Bonchev–Trinajstić information content (AvgIpc) is 2.28. The van der Waals surface area contributed by atoms with Crippen LogP contribution >= 0.6 is 0 Å². The minimum Gasteiger partial charge on any atom is -0.481 e. The molecule has 0 unspecified atom stereocenters. The van der Waals surface area contributed by atoms with Crippen molar-refractivity contribution in [2.75, 3.05) is 13.1 Å². The Labute approximate surface area is 115 Å². The summed E-state index contributed by atoms with van der Waals surface area (Å²) in [5.41, 5.74) is -0.997. The standard InChI is InChI=1S/C14H26N2O3/c1-10(2)16-7-5-11(6-8-16)15-12(17)9-14(3,4)13(18)19/h10-11H,5-9H2,1-4H3,(H,15,17)(H,18,19). The van der Waals surface area contributed by atoms with Crippen molar-refractivity contribution < 1.29 is 14.7 Å². The first-order valence-corrected chi connectivity index (χ1v) is 6.99. The second-order valence-electron chi connectivity index (χ2n) is 6.34. The van der Waals surface area contributed by atoms with Gasteiger partial charge in [0, 0.05) is 31.6 Å². The van der Waals surface area contributed by atoms with Crippen LogP contribution in [0.4, 0.5) is 0 Å². The zero-order valence-corrected chi connectivity index (χ0v) is 12.4. The number of hydrogen-bond acceptors (Lipinski definition) is 3. The smallest absolute Gasteiger partial charge is 0.309 e. The highest BCUT2D eigenvalue weighted by Crippen LogP contribution is 2.21. The Bertz CT molecular complexity index is 332. The Morgan fingerprint density at radius 1 is 1.32 bits per heavy atom. The third kappa shape index (κ3) is 4.82. The summed E-state index contributed by atoms with van der Waals surface area (Å²) in [5.74, 6) is -1.09. The van der Waals surface area contributed by atoms with Crippen LogP contribution in [0.5, 0.6) is 0 Å². The molecule has 5 heteroatoms. The Morgan fingerprint density at radius 2 is 1.84 bits per heavy atom. The van der Waals surface area contributed by atoms with E-state index in [4.69, 9.17) is 5.11 Å². The third-order valence-corrected chi connectivity index (χ3v) is 3.81. The number of nitrogens with one attached hydrogen (secondary N) is 1. The van der Waals surface area contributed by atoms with Gasteiger partial charge in [0.25, 0.3) is 0 Å². The maximum atomic E-state index is 11.9. The number of likely N-dealkylation sites (tertiary alicyclic amines) is 1. The van der Waals surface area contributed by atoms with E-state index in [2.05, 4.69) is 24.1 Å². The number of piperidine rings is 1. The minimum absolute atomic E-state index is 0.0345. The molecule has 19 heavy (non-hydrogen) atoms. The first kappa shape index (κ1) is 16.0. The molecule has 1 aliphatic heterocycles. The molecule has 0 spiro atoms. The van der Waals surface area contributed by atoms with Crippen molar-refractivity contribution in [2.24, 2.45) is 5.41 Å². The predicted octanol–water partition coefficient (Wildman–Crippen LogP) is 1.48.